The van der Waals surface area contributed by atoms with Crippen molar-refractivity contribution in [2.24, 2.45) is 0 Å². The SMILES string of the molecule is C[Si](C)(C)OC(=O)c1c(F)c(F)c2c(F)c(F)c(F)c(F)c2c1F. The molecule has 0 radical (unpaired) electrons. The summed E-state index contributed by atoms with van der Waals surface area (Å²) in [5, 5.41) is -3.49. The number of carbonyl (C=O) groups is 1. The highest BCUT2D eigenvalue weighted by Gasteiger charge is 2.34. The van der Waals surface area contributed by atoms with Gasteiger partial charge in [0.05, 0.1) is 10.8 Å². The van der Waals surface area contributed by atoms with Crippen LogP contribution in [0.2, 0.25) is 19.6 Å². The fourth-order valence-corrected chi connectivity index (χ4v) is 2.65. The first kappa shape index (κ1) is 18.2. The van der Waals surface area contributed by atoms with E-state index in [-0.39, 0.29) is 0 Å². The maximum absolute atomic E-state index is 14.3. The quantitative estimate of drug-likeness (QED) is 0.328. The van der Waals surface area contributed by atoms with Gasteiger partial charge in [0.2, 0.25) is 8.32 Å². The second-order valence-electron chi connectivity index (χ2n) is 5.82. The third-order valence-electron chi connectivity index (χ3n) is 2.94. The van der Waals surface area contributed by atoms with Crippen molar-refractivity contribution in [2.75, 3.05) is 0 Å². The van der Waals surface area contributed by atoms with E-state index in [4.69, 9.17) is 4.43 Å². The molecule has 0 aliphatic heterocycles. The van der Waals surface area contributed by atoms with Gasteiger partial charge in [-0.2, -0.15) is 0 Å². The Morgan fingerprint density at radius 3 is 1.46 bits per heavy atom. The molecule has 130 valence electrons. The van der Waals surface area contributed by atoms with Gasteiger partial charge in [-0.1, -0.05) is 0 Å². The maximum atomic E-state index is 14.3. The van der Waals surface area contributed by atoms with Gasteiger partial charge >= 0.3 is 5.97 Å². The van der Waals surface area contributed by atoms with Crippen molar-refractivity contribution in [2.45, 2.75) is 19.6 Å². The predicted octanol–water partition coefficient (Wildman–Crippen LogP) is 4.81. The van der Waals surface area contributed by atoms with Crippen LogP contribution >= 0.6 is 0 Å². The fraction of sp³-hybridized carbons (Fsp3) is 0.214. The van der Waals surface area contributed by atoms with E-state index in [0.717, 1.165) is 0 Å². The Balaban J connectivity index is 2.94. The maximum Gasteiger partial charge on any atom is 0.330 e. The molecule has 0 saturated carbocycles. The highest BCUT2D eigenvalue weighted by Crippen LogP contribution is 2.34. The topological polar surface area (TPSA) is 26.3 Å². The minimum atomic E-state index is -2.69. The summed E-state index contributed by atoms with van der Waals surface area (Å²) >= 11 is 0. The van der Waals surface area contributed by atoms with E-state index in [9.17, 15) is 35.5 Å². The standard InChI is InChI=1S/C14H9F7O2Si/c1-24(2,3)23-14(22)6-7(15)4-5(8(16)11(6)19)10(18)13(21)12(20)9(4)17/h1-3H3. The highest BCUT2D eigenvalue weighted by molar-refractivity contribution is 6.71. The number of benzene rings is 2. The largest absolute Gasteiger partial charge is 0.516 e. The number of hydrogen-bond donors (Lipinski definition) is 0. The van der Waals surface area contributed by atoms with Crippen LogP contribution in [0.4, 0.5) is 30.7 Å². The summed E-state index contributed by atoms with van der Waals surface area (Å²) < 4.78 is 101. The molecule has 2 nitrogen and oxygen atoms in total. The molecule has 2 aromatic rings. The molecular formula is C14H9F7O2Si. The molecule has 0 aromatic heterocycles. The first-order valence-electron chi connectivity index (χ1n) is 6.44. The molecule has 0 aliphatic rings. The van der Waals surface area contributed by atoms with Gasteiger partial charge < -0.3 is 4.43 Å². The molecule has 0 fully saturated rings. The molecule has 0 unspecified atom stereocenters. The second kappa shape index (κ2) is 5.76. The zero-order valence-electron chi connectivity index (χ0n) is 12.5. The Kier molecular flexibility index (Phi) is 4.38. The summed E-state index contributed by atoms with van der Waals surface area (Å²) in [6, 6.07) is 0. The third-order valence-corrected chi connectivity index (χ3v) is 3.74. The third kappa shape index (κ3) is 2.74. The number of halogens is 7. The lowest BCUT2D eigenvalue weighted by Gasteiger charge is -2.18. The minimum absolute atomic E-state index is 1.47. The summed E-state index contributed by atoms with van der Waals surface area (Å²) in [6.07, 6.45) is 0. The first-order chi connectivity index (χ1) is 10.9. The lowest BCUT2D eigenvalue weighted by molar-refractivity contribution is 0.0713. The number of hydrogen-bond acceptors (Lipinski definition) is 2. The summed E-state index contributed by atoms with van der Waals surface area (Å²) in [4.78, 5) is 11.8. The van der Waals surface area contributed by atoms with Gasteiger partial charge in [0.25, 0.3) is 0 Å². The molecule has 24 heavy (non-hydrogen) atoms. The first-order valence-corrected chi connectivity index (χ1v) is 9.84. The van der Waals surface area contributed by atoms with E-state index < -0.39 is 71.3 Å². The van der Waals surface area contributed by atoms with Crippen molar-refractivity contribution in [3.8, 4) is 0 Å². The lowest BCUT2D eigenvalue weighted by atomic mass is 10.0. The Morgan fingerprint density at radius 1 is 0.667 bits per heavy atom. The normalized spacial score (nSPS) is 11.9. The van der Waals surface area contributed by atoms with Crippen molar-refractivity contribution < 1.29 is 40.0 Å². The van der Waals surface area contributed by atoms with Gasteiger partial charge in [0.15, 0.2) is 40.7 Å². The Hall–Kier alpha value is -2.10. The summed E-state index contributed by atoms with van der Waals surface area (Å²) in [5.74, 6) is -17.6. The Labute approximate surface area is 132 Å². The van der Waals surface area contributed by atoms with Crippen LogP contribution in [0.5, 0.6) is 0 Å². The summed E-state index contributed by atoms with van der Waals surface area (Å²) in [7, 11) is -2.69. The highest BCUT2D eigenvalue weighted by atomic mass is 28.4. The van der Waals surface area contributed by atoms with Crippen molar-refractivity contribution in [3.63, 3.8) is 0 Å². The molecule has 0 bridgehead atoms. The average molecular weight is 370 g/mol. The van der Waals surface area contributed by atoms with E-state index in [1.165, 1.54) is 19.6 Å². The fourth-order valence-electron chi connectivity index (χ4n) is 1.99. The molecule has 2 rings (SSSR count). The van der Waals surface area contributed by atoms with E-state index >= 15 is 0 Å². The zero-order chi connectivity index (χ0) is 18.6. The second-order valence-corrected chi connectivity index (χ2v) is 10.3. The van der Waals surface area contributed by atoms with Crippen LogP contribution < -0.4 is 0 Å². The van der Waals surface area contributed by atoms with Crippen molar-refractivity contribution in [1.29, 1.82) is 0 Å². The smallest absolute Gasteiger partial charge is 0.330 e. The molecule has 2 aromatic carbocycles. The van der Waals surface area contributed by atoms with Crippen LogP contribution in [-0.4, -0.2) is 14.3 Å². The van der Waals surface area contributed by atoms with Crippen LogP contribution in [0.15, 0.2) is 0 Å². The summed E-state index contributed by atoms with van der Waals surface area (Å²) in [6.45, 7) is 4.40. The van der Waals surface area contributed by atoms with Crippen molar-refractivity contribution in [3.05, 3.63) is 46.3 Å². The van der Waals surface area contributed by atoms with Gasteiger partial charge in [0.1, 0.15) is 5.56 Å². The lowest BCUT2D eigenvalue weighted by Crippen LogP contribution is -2.30. The number of fused-ring (bicyclic) bond motifs is 1. The van der Waals surface area contributed by atoms with Crippen LogP contribution in [0.1, 0.15) is 10.4 Å². The van der Waals surface area contributed by atoms with Crippen LogP contribution in [-0.2, 0) is 4.43 Å². The number of carbonyl (C=O) groups excluding carboxylic acids is 1. The molecular weight excluding hydrogens is 361 g/mol. The molecule has 0 spiro atoms. The van der Waals surface area contributed by atoms with Gasteiger partial charge in [-0.05, 0) is 19.6 Å². The Morgan fingerprint density at radius 2 is 1.04 bits per heavy atom. The van der Waals surface area contributed by atoms with Gasteiger partial charge in [-0.25, -0.2) is 35.5 Å². The van der Waals surface area contributed by atoms with Crippen LogP contribution in [0.3, 0.4) is 0 Å². The Bertz CT molecular complexity index is 875. The molecule has 0 amide bonds. The molecule has 0 saturated heterocycles. The summed E-state index contributed by atoms with van der Waals surface area (Å²) in [5.41, 5.74) is -1.65. The van der Waals surface area contributed by atoms with Crippen LogP contribution in [0, 0.1) is 40.7 Å². The average Bonchev–Trinajstić information content (AvgIpc) is 2.44. The van der Waals surface area contributed by atoms with E-state index in [2.05, 4.69) is 0 Å². The van der Waals surface area contributed by atoms with Gasteiger partial charge in [-0.15, -0.1) is 0 Å². The zero-order valence-corrected chi connectivity index (χ0v) is 13.5. The van der Waals surface area contributed by atoms with Gasteiger partial charge in [-0.3, -0.25) is 0 Å². The molecule has 0 aliphatic carbocycles. The van der Waals surface area contributed by atoms with Crippen molar-refractivity contribution >= 4 is 25.1 Å². The van der Waals surface area contributed by atoms with Crippen molar-refractivity contribution in [1.82, 2.24) is 0 Å². The predicted molar refractivity (Wildman–Crippen MR) is 72.4 cm³/mol. The monoisotopic (exact) mass is 370 g/mol. The molecule has 0 atom stereocenters. The number of rotatable bonds is 2. The molecule has 0 N–H and O–H groups in total. The molecule has 0 heterocycles. The molecule has 10 heteroatoms. The minimum Gasteiger partial charge on any atom is -0.516 e. The van der Waals surface area contributed by atoms with E-state index in [1.807, 2.05) is 0 Å². The van der Waals surface area contributed by atoms with E-state index in [1.54, 1.807) is 0 Å². The van der Waals surface area contributed by atoms with Crippen LogP contribution in [0.25, 0.3) is 10.8 Å². The van der Waals surface area contributed by atoms with E-state index in [0.29, 0.717) is 0 Å². The van der Waals surface area contributed by atoms with Gasteiger partial charge in [0, 0.05) is 0 Å².